The lowest BCUT2D eigenvalue weighted by Crippen LogP contribution is -2.39. The van der Waals surface area contributed by atoms with E-state index in [4.69, 9.17) is 10.5 Å². The fourth-order valence-corrected chi connectivity index (χ4v) is 2.70. The molecule has 1 aromatic carbocycles. The zero-order valence-corrected chi connectivity index (χ0v) is 13.4. The Bertz CT molecular complexity index is 379. The van der Waals surface area contributed by atoms with E-state index >= 15 is 0 Å². The molecule has 0 fully saturated rings. The molecule has 0 heterocycles. The topological polar surface area (TPSA) is 38.5 Å². The summed E-state index contributed by atoms with van der Waals surface area (Å²) >= 11 is 0. The normalized spacial score (nSPS) is 12.9. The largest absolute Gasteiger partial charge is 0.496 e. The molecule has 0 radical (unpaired) electrons. The quantitative estimate of drug-likeness (QED) is 0.701. The Morgan fingerprint density at radius 1 is 1.20 bits per heavy atom. The summed E-state index contributed by atoms with van der Waals surface area (Å²) in [6.45, 7) is 8.42. The maximum absolute atomic E-state index is 6.07. The van der Waals surface area contributed by atoms with Crippen molar-refractivity contribution in [2.45, 2.75) is 52.1 Å². The molecule has 0 spiro atoms. The Hall–Kier alpha value is -1.06. The first-order valence-electron chi connectivity index (χ1n) is 7.74. The third-order valence-corrected chi connectivity index (χ3v) is 3.80. The summed E-state index contributed by atoms with van der Waals surface area (Å²) < 4.78 is 5.50. The molecular weight excluding hydrogens is 248 g/mol. The molecule has 1 atom stereocenters. The van der Waals surface area contributed by atoms with E-state index in [0.29, 0.717) is 12.6 Å². The van der Waals surface area contributed by atoms with Gasteiger partial charge >= 0.3 is 0 Å². The molecule has 114 valence electrons. The third kappa shape index (κ3) is 4.50. The van der Waals surface area contributed by atoms with Crippen LogP contribution in [0.1, 0.15) is 51.6 Å². The van der Waals surface area contributed by atoms with Gasteiger partial charge in [-0.15, -0.1) is 0 Å². The number of nitrogens with two attached hydrogens (primary N) is 1. The van der Waals surface area contributed by atoms with Gasteiger partial charge in [-0.3, -0.25) is 4.90 Å². The van der Waals surface area contributed by atoms with E-state index in [1.807, 2.05) is 12.1 Å². The monoisotopic (exact) mass is 278 g/mol. The van der Waals surface area contributed by atoms with E-state index in [2.05, 4.69) is 37.8 Å². The van der Waals surface area contributed by atoms with E-state index in [9.17, 15) is 0 Å². The Kier molecular flexibility index (Phi) is 7.63. The van der Waals surface area contributed by atoms with Crippen LogP contribution in [-0.4, -0.2) is 31.1 Å². The third-order valence-electron chi connectivity index (χ3n) is 3.80. The van der Waals surface area contributed by atoms with E-state index in [1.54, 1.807) is 7.11 Å². The number of hydrogen-bond donors (Lipinski definition) is 1. The van der Waals surface area contributed by atoms with Crippen molar-refractivity contribution in [3.63, 3.8) is 0 Å². The summed E-state index contributed by atoms with van der Waals surface area (Å²) in [5.41, 5.74) is 7.27. The molecule has 3 nitrogen and oxygen atoms in total. The first-order valence-corrected chi connectivity index (χ1v) is 7.74. The van der Waals surface area contributed by atoms with Gasteiger partial charge in [-0.05, 0) is 32.9 Å². The van der Waals surface area contributed by atoms with Gasteiger partial charge in [0.2, 0.25) is 0 Å². The second-order valence-electron chi connectivity index (χ2n) is 5.53. The number of rotatable bonds is 9. The minimum absolute atomic E-state index is 0.225. The van der Waals surface area contributed by atoms with Crippen molar-refractivity contribution in [3.05, 3.63) is 29.8 Å². The van der Waals surface area contributed by atoms with Gasteiger partial charge in [-0.25, -0.2) is 0 Å². The maximum atomic E-state index is 6.07. The van der Waals surface area contributed by atoms with Gasteiger partial charge in [0, 0.05) is 18.2 Å². The average Bonchev–Trinajstić information content (AvgIpc) is 2.46. The molecule has 0 amide bonds. The zero-order chi connectivity index (χ0) is 15.0. The summed E-state index contributed by atoms with van der Waals surface area (Å²) in [4.78, 5) is 2.49. The van der Waals surface area contributed by atoms with Gasteiger partial charge in [0.15, 0.2) is 0 Å². The second-order valence-corrected chi connectivity index (χ2v) is 5.53. The van der Waals surface area contributed by atoms with Crippen LogP contribution in [0, 0.1) is 0 Å². The molecule has 0 aliphatic carbocycles. The Morgan fingerprint density at radius 2 is 1.90 bits per heavy atom. The number of unbranched alkanes of at least 4 members (excludes halogenated alkanes) is 2. The summed E-state index contributed by atoms with van der Waals surface area (Å²) in [6.07, 6.45) is 3.74. The first-order chi connectivity index (χ1) is 9.65. The van der Waals surface area contributed by atoms with Crippen LogP contribution in [0.4, 0.5) is 0 Å². The summed E-state index contributed by atoms with van der Waals surface area (Å²) in [5.74, 6) is 0.934. The van der Waals surface area contributed by atoms with Gasteiger partial charge in [0.1, 0.15) is 5.75 Å². The smallest absolute Gasteiger partial charge is 0.123 e. The molecule has 0 aliphatic heterocycles. The number of ether oxygens (including phenoxy) is 1. The predicted octanol–water partition coefficient (Wildman–Crippen LogP) is 3.60. The maximum Gasteiger partial charge on any atom is 0.123 e. The molecule has 2 N–H and O–H groups in total. The zero-order valence-electron chi connectivity index (χ0n) is 13.4. The van der Waals surface area contributed by atoms with Crippen LogP contribution in [0.5, 0.6) is 5.75 Å². The number of methoxy groups -OCH3 is 1. The highest BCUT2D eigenvalue weighted by Gasteiger charge is 2.23. The molecule has 0 saturated carbocycles. The molecule has 20 heavy (non-hydrogen) atoms. The van der Waals surface area contributed by atoms with Crippen molar-refractivity contribution in [3.8, 4) is 5.75 Å². The van der Waals surface area contributed by atoms with Crippen LogP contribution >= 0.6 is 0 Å². The van der Waals surface area contributed by atoms with Gasteiger partial charge in [0.05, 0.1) is 13.2 Å². The minimum Gasteiger partial charge on any atom is -0.496 e. The highest BCUT2D eigenvalue weighted by Crippen LogP contribution is 2.30. The average molecular weight is 278 g/mol. The SMILES string of the molecule is CCCCCN(C(C)C)C(CN)c1ccccc1OC. The summed E-state index contributed by atoms with van der Waals surface area (Å²) in [5, 5.41) is 0. The second kappa shape index (κ2) is 8.98. The highest BCUT2D eigenvalue weighted by atomic mass is 16.5. The molecule has 1 unspecified atom stereocenters. The molecular formula is C17H30N2O. The minimum atomic E-state index is 0.225. The first kappa shape index (κ1) is 17.0. The van der Waals surface area contributed by atoms with E-state index in [1.165, 1.54) is 24.8 Å². The number of hydrogen-bond acceptors (Lipinski definition) is 3. The van der Waals surface area contributed by atoms with E-state index < -0.39 is 0 Å². The summed E-state index contributed by atoms with van der Waals surface area (Å²) in [6, 6.07) is 8.92. The number of benzene rings is 1. The van der Waals surface area contributed by atoms with Gasteiger partial charge in [0.25, 0.3) is 0 Å². The Morgan fingerprint density at radius 3 is 2.45 bits per heavy atom. The van der Waals surface area contributed by atoms with Crippen LogP contribution in [0.25, 0.3) is 0 Å². The highest BCUT2D eigenvalue weighted by molar-refractivity contribution is 5.36. The fourth-order valence-electron chi connectivity index (χ4n) is 2.70. The van der Waals surface area contributed by atoms with Crippen molar-refractivity contribution >= 4 is 0 Å². The van der Waals surface area contributed by atoms with Crippen LogP contribution < -0.4 is 10.5 Å². The number of nitrogens with zero attached hydrogens (tertiary/aromatic N) is 1. The van der Waals surface area contributed by atoms with Crippen LogP contribution in [0.15, 0.2) is 24.3 Å². The molecule has 3 heteroatoms. The van der Waals surface area contributed by atoms with Crippen LogP contribution in [0.3, 0.4) is 0 Å². The number of para-hydroxylation sites is 1. The lowest BCUT2D eigenvalue weighted by Gasteiger charge is -2.35. The lowest BCUT2D eigenvalue weighted by molar-refractivity contribution is 0.151. The molecule has 0 aromatic heterocycles. The standard InChI is InChI=1S/C17H30N2O/c1-5-6-9-12-19(14(2)3)16(13-18)15-10-7-8-11-17(15)20-4/h7-8,10-11,14,16H,5-6,9,12-13,18H2,1-4H3. The van der Waals surface area contributed by atoms with Crippen molar-refractivity contribution in [1.82, 2.24) is 4.90 Å². The van der Waals surface area contributed by atoms with E-state index in [-0.39, 0.29) is 6.04 Å². The van der Waals surface area contributed by atoms with Crippen LogP contribution in [-0.2, 0) is 0 Å². The van der Waals surface area contributed by atoms with Crippen LogP contribution in [0.2, 0.25) is 0 Å². The molecule has 1 aromatic rings. The van der Waals surface area contributed by atoms with Gasteiger partial charge in [-0.1, -0.05) is 38.0 Å². The summed E-state index contributed by atoms with van der Waals surface area (Å²) in [7, 11) is 1.73. The molecule has 0 saturated heterocycles. The van der Waals surface area contributed by atoms with Crippen molar-refractivity contribution in [2.24, 2.45) is 5.73 Å². The molecule has 0 bridgehead atoms. The predicted molar refractivity (Wildman–Crippen MR) is 86.2 cm³/mol. The molecule has 1 rings (SSSR count). The van der Waals surface area contributed by atoms with Gasteiger partial charge in [-0.2, -0.15) is 0 Å². The van der Waals surface area contributed by atoms with Crippen molar-refractivity contribution in [2.75, 3.05) is 20.2 Å². The Balaban J connectivity index is 2.94. The van der Waals surface area contributed by atoms with Gasteiger partial charge < -0.3 is 10.5 Å². The lowest BCUT2D eigenvalue weighted by atomic mass is 10.0. The van der Waals surface area contributed by atoms with E-state index in [0.717, 1.165) is 12.3 Å². The molecule has 0 aliphatic rings. The fraction of sp³-hybridized carbons (Fsp3) is 0.647. The van der Waals surface area contributed by atoms with Crippen molar-refractivity contribution < 1.29 is 4.74 Å². The van der Waals surface area contributed by atoms with Crippen molar-refractivity contribution in [1.29, 1.82) is 0 Å². The Labute approximate surface area is 124 Å².